The highest BCUT2D eigenvalue weighted by atomic mass is 16.5. The Labute approximate surface area is 162 Å². The van der Waals surface area contributed by atoms with E-state index >= 15 is 0 Å². The zero-order valence-corrected chi connectivity index (χ0v) is 15.9. The van der Waals surface area contributed by atoms with Gasteiger partial charge in [-0.15, -0.1) is 0 Å². The third-order valence-electron chi connectivity index (χ3n) is 6.15. The van der Waals surface area contributed by atoms with Crippen molar-refractivity contribution in [3.8, 4) is 0 Å². The molecule has 2 aromatic rings. The van der Waals surface area contributed by atoms with Crippen molar-refractivity contribution < 1.29 is 9.53 Å². The summed E-state index contributed by atoms with van der Waals surface area (Å²) in [6, 6.07) is 22.0. The summed E-state index contributed by atoms with van der Waals surface area (Å²) in [5, 5.41) is 0. The summed E-state index contributed by atoms with van der Waals surface area (Å²) in [7, 11) is 0. The van der Waals surface area contributed by atoms with E-state index in [1.807, 2.05) is 18.2 Å². The first-order valence-electron chi connectivity index (χ1n) is 10.2. The predicted molar refractivity (Wildman–Crippen MR) is 107 cm³/mol. The standard InChI is InChI=1S/C24H29NO2/c26-24(13-14-27-18-20-9-5-2-6-10-20)21-15-22-11-12-23(16-21)25(22)17-19-7-3-1-4-8-19/h1-10,21-23H,11-18H2. The van der Waals surface area contributed by atoms with Crippen molar-refractivity contribution in [1.29, 1.82) is 0 Å². The molecule has 27 heavy (non-hydrogen) atoms. The molecule has 0 aliphatic carbocycles. The van der Waals surface area contributed by atoms with Crippen LogP contribution < -0.4 is 0 Å². The first-order chi connectivity index (χ1) is 13.3. The summed E-state index contributed by atoms with van der Waals surface area (Å²) in [6.45, 7) is 2.15. The topological polar surface area (TPSA) is 29.5 Å². The summed E-state index contributed by atoms with van der Waals surface area (Å²) in [4.78, 5) is 15.3. The lowest BCUT2D eigenvalue weighted by Crippen LogP contribution is -2.44. The molecule has 2 fully saturated rings. The van der Waals surface area contributed by atoms with Crippen molar-refractivity contribution in [2.75, 3.05) is 6.61 Å². The minimum atomic E-state index is 0.231. The van der Waals surface area contributed by atoms with E-state index in [1.165, 1.54) is 18.4 Å². The van der Waals surface area contributed by atoms with Crippen LogP contribution in [-0.2, 0) is 22.7 Å². The predicted octanol–water partition coefficient (Wildman–Crippen LogP) is 4.61. The largest absolute Gasteiger partial charge is 0.376 e. The van der Waals surface area contributed by atoms with Crippen molar-refractivity contribution in [1.82, 2.24) is 4.90 Å². The van der Waals surface area contributed by atoms with Gasteiger partial charge in [0.2, 0.25) is 0 Å². The van der Waals surface area contributed by atoms with Gasteiger partial charge in [-0.1, -0.05) is 60.7 Å². The van der Waals surface area contributed by atoms with Gasteiger partial charge in [0, 0.05) is 31.0 Å². The second-order valence-corrected chi connectivity index (χ2v) is 7.97. The van der Waals surface area contributed by atoms with E-state index in [2.05, 4.69) is 47.4 Å². The van der Waals surface area contributed by atoms with E-state index in [0.717, 1.165) is 24.9 Å². The lowest BCUT2D eigenvalue weighted by molar-refractivity contribution is -0.126. The molecule has 3 heteroatoms. The average Bonchev–Trinajstić information content (AvgIpc) is 2.94. The van der Waals surface area contributed by atoms with Crippen molar-refractivity contribution in [3.63, 3.8) is 0 Å². The summed E-state index contributed by atoms with van der Waals surface area (Å²) in [6.07, 6.45) is 5.09. The first-order valence-corrected chi connectivity index (χ1v) is 10.2. The van der Waals surface area contributed by atoms with Gasteiger partial charge in [0.15, 0.2) is 0 Å². The SMILES string of the molecule is O=C(CCOCc1ccccc1)C1CC2CCC(C1)N2Cc1ccccc1. The van der Waals surface area contributed by atoms with E-state index in [-0.39, 0.29) is 5.92 Å². The molecule has 0 aromatic heterocycles. The van der Waals surface area contributed by atoms with Crippen LogP contribution in [0, 0.1) is 5.92 Å². The van der Waals surface area contributed by atoms with E-state index in [1.54, 1.807) is 0 Å². The highest BCUT2D eigenvalue weighted by molar-refractivity contribution is 5.81. The second-order valence-electron chi connectivity index (χ2n) is 7.97. The fraction of sp³-hybridized carbons (Fsp3) is 0.458. The van der Waals surface area contributed by atoms with Gasteiger partial charge in [0.05, 0.1) is 13.2 Å². The van der Waals surface area contributed by atoms with Crippen LogP contribution in [0.25, 0.3) is 0 Å². The third kappa shape index (κ3) is 4.66. The van der Waals surface area contributed by atoms with Gasteiger partial charge in [-0.3, -0.25) is 9.69 Å². The molecule has 2 atom stereocenters. The Morgan fingerprint density at radius 1 is 0.889 bits per heavy atom. The molecule has 2 aliphatic rings. The Kier molecular flexibility index (Phi) is 6.00. The molecule has 0 saturated carbocycles. The summed E-state index contributed by atoms with van der Waals surface area (Å²) >= 11 is 0. The maximum absolute atomic E-state index is 12.7. The van der Waals surface area contributed by atoms with Crippen molar-refractivity contribution in [2.45, 2.75) is 57.3 Å². The van der Waals surface area contributed by atoms with Crippen LogP contribution in [0.5, 0.6) is 0 Å². The number of ketones is 1. The number of rotatable bonds is 8. The van der Waals surface area contributed by atoms with Crippen LogP contribution in [-0.4, -0.2) is 29.4 Å². The van der Waals surface area contributed by atoms with E-state index < -0.39 is 0 Å². The van der Waals surface area contributed by atoms with Crippen molar-refractivity contribution >= 4 is 5.78 Å². The molecule has 2 aromatic carbocycles. The zero-order chi connectivity index (χ0) is 18.5. The minimum absolute atomic E-state index is 0.231. The Bertz CT molecular complexity index is 717. The Morgan fingerprint density at radius 3 is 2.11 bits per heavy atom. The molecule has 0 radical (unpaired) electrons. The number of hydrogen-bond acceptors (Lipinski definition) is 3. The van der Waals surface area contributed by atoms with Crippen LogP contribution >= 0.6 is 0 Å². The maximum Gasteiger partial charge on any atom is 0.138 e. The number of carbonyl (C=O) groups excluding carboxylic acids is 1. The van der Waals surface area contributed by atoms with E-state index in [4.69, 9.17) is 4.74 Å². The Balaban J connectivity index is 1.23. The molecule has 2 aliphatic heterocycles. The molecule has 2 saturated heterocycles. The summed E-state index contributed by atoms with van der Waals surface area (Å²) in [5.74, 6) is 0.633. The van der Waals surface area contributed by atoms with Crippen molar-refractivity contribution in [3.05, 3.63) is 71.8 Å². The molecule has 3 nitrogen and oxygen atoms in total. The quantitative estimate of drug-likeness (QED) is 0.642. The van der Waals surface area contributed by atoms with E-state index in [9.17, 15) is 4.79 Å². The Hall–Kier alpha value is -1.97. The summed E-state index contributed by atoms with van der Waals surface area (Å²) < 4.78 is 5.72. The number of benzene rings is 2. The normalized spacial score (nSPS) is 24.8. The Morgan fingerprint density at radius 2 is 1.48 bits per heavy atom. The molecule has 2 heterocycles. The molecule has 142 valence electrons. The fourth-order valence-electron chi connectivity index (χ4n) is 4.73. The maximum atomic E-state index is 12.7. The zero-order valence-electron chi connectivity index (χ0n) is 15.9. The number of Topliss-reactive ketones (excluding diaryl/α,β-unsaturated/α-hetero) is 1. The monoisotopic (exact) mass is 363 g/mol. The van der Waals surface area contributed by atoms with Crippen LogP contribution in [0.3, 0.4) is 0 Å². The van der Waals surface area contributed by atoms with Crippen LogP contribution in [0.4, 0.5) is 0 Å². The number of piperidine rings is 1. The number of carbonyl (C=O) groups is 1. The average molecular weight is 364 g/mol. The first kappa shape index (κ1) is 18.4. The lowest BCUT2D eigenvalue weighted by atomic mass is 9.86. The lowest BCUT2D eigenvalue weighted by Gasteiger charge is -2.38. The molecule has 4 rings (SSSR count). The van der Waals surface area contributed by atoms with Crippen LogP contribution in [0.2, 0.25) is 0 Å². The number of nitrogens with zero attached hydrogens (tertiary/aromatic N) is 1. The van der Waals surface area contributed by atoms with Gasteiger partial charge in [-0.25, -0.2) is 0 Å². The molecular formula is C24H29NO2. The van der Waals surface area contributed by atoms with Gasteiger partial charge in [-0.05, 0) is 36.8 Å². The van der Waals surface area contributed by atoms with Gasteiger partial charge in [0.25, 0.3) is 0 Å². The number of fused-ring (bicyclic) bond motifs is 2. The number of ether oxygens (including phenoxy) is 1. The minimum Gasteiger partial charge on any atom is -0.376 e. The van der Waals surface area contributed by atoms with Gasteiger partial charge >= 0.3 is 0 Å². The molecule has 2 bridgehead atoms. The molecule has 0 amide bonds. The van der Waals surface area contributed by atoms with Crippen LogP contribution in [0.1, 0.15) is 43.2 Å². The molecule has 2 unspecified atom stereocenters. The van der Waals surface area contributed by atoms with Gasteiger partial charge < -0.3 is 4.74 Å². The fourth-order valence-corrected chi connectivity index (χ4v) is 4.73. The van der Waals surface area contributed by atoms with Crippen LogP contribution in [0.15, 0.2) is 60.7 Å². The van der Waals surface area contributed by atoms with Crippen molar-refractivity contribution in [2.24, 2.45) is 5.92 Å². The van der Waals surface area contributed by atoms with E-state index in [0.29, 0.717) is 37.5 Å². The molecule has 0 spiro atoms. The second kappa shape index (κ2) is 8.81. The third-order valence-corrected chi connectivity index (χ3v) is 6.15. The van der Waals surface area contributed by atoms with Gasteiger partial charge in [-0.2, -0.15) is 0 Å². The summed E-state index contributed by atoms with van der Waals surface area (Å²) in [5.41, 5.74) is 2.55. The number of hydrogen-bond donors (Lipinski definition) is 0. The smallest absolute Gasteiger partial charge is 0.138 e. The van der Waals surface area contributed by atoms with Gasteiger partial charge in [0.1, 0.15) is 5.78 Å². The highest BCUT2D eigenvalue weighted by Crippen LogP contribution is 2.40. The molecular weight excluding hydrogens is 334 g/mol. The highest BCUT2D eigenvalue weighted by Gasteiger charge is 2.42. The molecule has 0 N–H and O–H groups in total.